The molecule has 0 saturated heterocycles. The van der Waals surface area contributed by atoms with E-state index in [9.17, 15) is 5.11 Å². The molecule has 18 heavy (non-hydrogen) atoms. The summed E-state index contributed by atoms with van der Waals surface area (Å²) in [5.74, 6) is 0. The molecule has 1 radical (unpaired) electrons. The number of aliphatic hydroxyl groups is 1. The van der Waals surface area contributed by atoms with Gasteiger partial charge in [0, 0.05) is 25.1 Å². The molecule has 0 atom stereocenters. The molecule has 1 aromatic carbocycles. The largest absolute Gasteiger partial charge is 0.379 e. The van der Waals surface area contributed by atoms with Crippen LogP contribution in [-0.4, -0.2) is 21.0 Å². The minimum atomic E-state index is -1.03. The van der Waals surface area contributed by atoms with E-state index in [4.69, 9.17) is 6.58 Å². The number of fused-ring (bicyclic) bond motifs is 1. The number of nitrogens with zero attached hydrogens (tertiary/aromatic N) is 1. The molecule has 2 rings (SSSR count). The Morgan fingerprint density at radius 1 is 1.28 bits per heavy atom. The molecule has 0 spiro atoms. The Hall–Kier alpha value is -1.41. The Labute approximate surface area is 109 Å². The zero-order valence-electron chi connectivity index (χ0n) is 11.8. The lowest BCUT2D eigenvalue weighted by atomic mass is 9.82. The molecule has 1 heterocycles. The van der Waals surface area contributed by atoms with Gasteiger partial charge in [-0.05, 0) is 27.7 Å². The van der Waals surface area contributed by atoms with Crippen molar-refractivity contribution in [3.8, 4) is 0 Å². The Balaban J connectivity index is 2.68. The highest BCUT2D eigenvalue weighted by atomic mass is 16.3. The molecule has 0 fully saturated rings. The van der Waals surface area contributed by atoms with Crippen LogP contribution in [0.25, 0.3) is 0 Å². The lowest BCUT2D eigenvalue weighted by Crippen LogP contribution is -2.32. The van der Waals surface area contributed by atoms with Crippen LogP contribution < -0.4 is 0 Å². The van der Waals surface area contributed by atoms with Crippen molar-refractivity contribution >= 4 is 11.4 Å². The van der Waals surface area contributed by atoms with E-state index in [2.05, 4.69) is 26.8 Å². The van der Waals surface area contributed by atoms with Crippen LogP contribution in [0.2, 0.25) is 0 Å². The van der Waals surface area contributed by atoms with Gasteiger partial charge >= 0.3 is 0 Å². The summed E-state index contributed by atoms with van der Waals surface area (Å²) in [6.45, 7) is 16.0. The number of benzene rings is 1. The van der Waals surface area contributed by atoms with Crippen molar-refractivity contribution in [2.45, 2.75) is 45.6 Å². The van der Waals surface area contributed by atoms with Crippen LogP contribution in [0.1, 0.15) is 40.2 Å². The normalized spacial score (nSPS) is 17.9. The number of rotatable bonds is 2. The monoisotopic (exact) mass is 243 g/mol. The number of hydrogen-bond donors (Lipinski definition) is 1. The maximum absolute atomic E-state index is 10.1. The summed E-state index contributed by atoms with van der Waals surface area (Å²) in [7, 11) is 0. The van der Waals surface area contributed by atoms with Crippen molar-refractivity contribution in [3.05, 3.63) is 42.1 Å². The quantitative estimate of drug-likeness (QED) is 0.792. The Bertz CT molecular complexity index is 544. The summed E-state index contributed by atoms with van der Waals surface area (Å²) in [4.78, 5) is 0. The minimum absolute atomic E-state index is 0.0630. The van der Waals surface area contributed by atoms with Gasteiger partial charge in [-0.25, -0.2) is 0 Å². The summed E-state index contributed by atoms with van der Waals surface area (Å²) in [5, 5.41) is 10.1. The summed E-state index contributed by atoms with van der Waals surface area (Å²) < 4.78 is 1.98. The zero-order valence-corrected chi connectivity index (χ0v) is 11.8. The van der Waals surface area contributed by atoms with Crippen LogP contribution in [0.4, 0.5) is 5.69 Å². The van der Waals surface area contributed by atoms with Crippen molar-refractivity contribution in [2.24, 2.45) is 0 Å². The highest BCUT2D eigenvalue weighted by Crippen LogP contribution is 2.41. The lowest BCUT2D eigenvalue weighted by Gasteiger charge is -2.17. The molecule has 1 aliphatic heterocycles. The molecule has 0 bridgehead atoms. The molecular weight excluding hydrogens is 222 g/mol. The molecule has 0 amide bonds. The van der Waals surface area contributed by atoms with Gasteiger partial charge in [0.25, 0.3) is 0 Å². The summed E-state index contributed by atoms with van der Waals surface area (Å²) in [6, 6.07) is 8.21. The maximum atomic E-state index is 10.1. The van der Waals surface area contributed by atoms with E-state index in [-0.39, 0.29) is 5.41 Å². The number of para-hydroxylation sites is 1. The Morgan fingerprint density at radius 2 is 1.83 bits per heavy atom. The lowest BCUT2D eigenvalue weighted by molar-refractivity contribution is -0.402. The van der Waals surface area contributed by atoms with Crippen molar-refractivity contribution in [1.82, 2.24) is 0 Å². The Kier molecular flexibility index (Phi) is 2.74. The van der Waals surface area contributed by atoms with Crippen LogP contribution in [0.5, 0.6) is 0 Å². The van der Waals surface area contributed by atoms with Gasteiger partial charge in [-0.3, -0.25) is 0 Å². The van der Waals surface area contributed by atoms with E-state index in [1.54, 1.807) is 13.8 Å². The first-order valence-corrected chi connectivity index (χ1v) is 6.26. The van der Waals surface area contributed by atoms with Gasteiger partial charge in [-0.1, -0.05) is 18.2 Å². The molecule has 2 heteroatoms. The molecule has 0 aliphatic carbocycles. The molecule has 2 nitrogen and oxygen atoms in total. The van der Waals surface area contributed by atoms with Crippen molar-refractivity contribution in [2.75, 3.05) is 0 Å². The van der Waals surface area contributed by atoms with E-state index in [0.717, 1.165) is 11.4 Å². The van der Waals surface area contributed by atoms with E-state index < -0.39 is 5.60 Å². The van der Waals surface area contributed by atoms with Crippen LogP contribution in [0, 0.1) is 6.58 Å². The molecular formula is C16H21NO+. The van der Waals surface area contributed by atoms with Gasteiger partial charge in [0.15, 0.2) is 5.71 Å². The summed E-state index contributed by atoms with van der Waals surface area (Å²) in [5.41, 5.74) is 2.83. The average molecular weight is 243 g/mol. The second kappa shape index (κ2) is 3.79. The standard InChI is InChI=1S/C16H21NO/c1-11-15(3,4)13-9-7-8-10-14(13)17(11)12(2)16(5,6)18/h2,7-10,18H,1,3-6H3/q+1. The molecule has 0 aromatic heterocycles. The van der Waals surface area contributed by atoms with Gasteiger partial charge in [-0.2, -0.15) is 4.58 Å². The third kappa shape index (κ3) is 1.72. The predicted octanol–water partition coefficient (Wildman–Crippen LogP) is 3.17. The third-order valence-electron chi connectivity index (χ3n) is 3.93. The zero-order chi connectivity index (χ0) is 13.7. The highest BCUT2D eigenvalue weighted by Gasteiger charge is 2.46. The molecule has 1 aromatic rings. The van der Waals surface area contributed by atoms with E-state index in [1.165, 1.54) is 5.56 Å². The van der Waals surface area contributed by atoms with Crippen LogP contribution >= 0.6 is 0 Å². The van der Waals surface area contributed by atoms with Gasteiger partial charge in [0.05, 0.1) is 5.41 Å². The van der Waals surface area contributed by atoms with E-state index >= 15 is 0 Å². The van der Waals surface area contributed by atoms with Crippen molar-refractivity contribution in [3.63, 3.8) is 0 Å². The smallest absolute Gasteiger partial charge is 0.218 e. The molecule has 1 N–H and O–H groups in total. The molecule has 1 aliphatic rings. The van der Waals surface area contributed by atoms with Gasteiger partial charge in [0.1, 0.15) is 5.60 Å². The SMILES string of the molecule is [CH]=C([N+]1=C(C)C(C)(C)c2ccccc21)C(C)(C)O. The van der Waals surface area contributed by atoms with Crippen molar-refractivity contribution < 1.29 is 9.68 Å². The second-order valence-corrected chi connectivity index (χ2v) is 6.01. The average Bonchev–Trinajstić information content (AvgIpc) is 2.46. The fourth-order valence-electron chi connectivity index (χ4n) is 2.44. The Morgan fingerprint density at radius 3 is 2.39 bits per heavy atom. The second-order valence-electron chi connectivity index (χ2n) is 6.01. The molecule has 95 valence electrons. The number of hydrogen-bond acceptors (Lipinski definition) is 1. The molecule has 0 unspecified atom stereocenters. The first-order valence-electron chi connectivity index (χ1n) is 6.26. The minimum Gasteiger partial charge on any atom is -0.379 e. The fraction of sp³-hybridized carbons (Fsp3) is 0.438. The van der Waals surface area contributed by atoms with Crippen LogP contribution in [0.3, 0.4) is 0 Å². The first-order chi connectivity index (χ1) is 8.17. The van der Waals surface area contributed by atoms with Gasteiger partial charge in [0.2, 0.25) is 11.4 Å². The third-order valence-corrected chi connectivity index (χ3v) is 3.93. The van der Waals surface area contributed by atoms with E-state index in [0.29, 0.717) is 5.70 Å². The van der Waals surface area contributed by atoms with Crippen LogP contribution in [0.15, 0.2) is 30.0 Å². The topological polar surface area (TPSA) is 23.2 Å². The maximum Gasteiger partial charge on any atom is 0.218 e. The molecule has 0 saturated carbocycles. The first kappa shape index (κ1) is 13.0. The van der Waals surface area contributed by atoms with Gasteiger partial charge in [-0.15, -0.1) is 0 Å². The summed E-state index contributed by atoms with van der Waals surface area (Å²) >= 11 is 0. The van der Waals surface area contributed by atoms with E-state index in [1.807, 2.05) is 22.8 Å². The van der Waals surface area contributed by atoms with Gasteiger partial charge < -0.3 is 5.11 Å². The fourth-order valence-corrected chi connectivity index (χ4v) is 2.44. The summed E-state index contributed by atoms with van der Waals surface area (Å²) in [6.07, 6.45) is 0. The highest BCUT2D eigenvalue weighted by molar-refractivity contribution is 5.93. The van der Waals surface area contributed by atoms with Crippen LogP contribution in [-0.2, 0) is 5.41 Å². The van der Waals surface area contributed by atoms with Crippen molar-refractivity contribution in [1.29, 1.82) is 0 Å². The predicted molar refractivity (Wildman–Crippen MR) is 74.2 cm³/mol.